The number of rotatable bonds is 7. The number of methoxy groups -OCH3 is 1. The Labute approximate surface area is 141 Å². The lowest BCUT2D eigenvalue weighted by atomic mass is 10.1. The molecule has 0 aromatic carbocycles. The quantitative estimate of drug-likeness (QED) is 0.789. The molecule has 0 saturated carbocycles. The normalized spacial score (nSPS) is 15.2. The summed E-state index contributed by atoms with van der Waals surface area (Å²) in [4.78, 5) is 4.02. The van der Waals surface area contributed by atoms with Crippen LogP contribution < -0.4 is 5.32 Å². The third kappa shape index (κ3) is 5.53. The van der Waals surface area contributed by atoms with E-state index >= 15 is 0 Å². The summed E-state index contributed by atoms with van der Waals surface area (Å²) in [6.07, 6.45) is 10.7. The Morgan fingerprint density at radius 3 is 2.87 bits per heavy atom. The van der Waals surface area contributed by atoms with E-state index in [4.69, 9.17) is 4.74 Å². The maximum atomic E-state index is 9.84. The number of hydrogen-bond acceptors (Lipinski definition) is 5. The number of nitrogens with one attached hydrogen (secondary N) is 1. The molecule has 4 nitrogen and oxygen atoms in total. The summed E-state index contributed by atoms with van der Waals surface area (Å²) in [7, 11) is 3.49. The second kappa shape index (κ2) is 9.10. The molecule has 0 unspecified atom stereocenters. The van der Waals surface area contributed by atoms with E-state index in [2.05, 4.69) is 15.7 Å². The van der Waals surface area contributed by atoms with E-state index in [0.717, 1.165) is 23.4 Å². The van der Waals surface area contributed by atoms with E-state index in [0.29, 0.717) is 12.2 Å². The lowest BCUT2D eigenvalue weighted by Crippen LogP contribution is -2.05. The van der Waals surface area contributed by atoms with Crippen LogP contribution in [0.15, 0.2) is 71.0 Å². The van der Waals surface area contributed by atoms with Crippen LogP contribution in [0.3, 0.4) is 0 Å². The van der Waals surface area contributed by atoms with Gasteiger partial charge in [-0.2, -0.15) is 0 Å². The van der Waals surface area contributed by atoms with Crippen molar-refractivity contribution in [1.82, 2.24) is 10.3 Å². The fraction of sp³-hybridized carbons (Fsp3) is 0.278. The molecule has 1 aliphatic rings. The summed E-state index contributed by atoms with van der Waals surface area (Å²) in [6.45, 7) is 0. The molecule has 122 valence electrons. The maximum Gasteiger partial charge on any atom is 0.156 e. The predicted octanol–water partition coefficient (Wildman–Crippen LogP) is 4.07. The fourth-order valence-electron chi connectivity index (χ4n) is 2.12. The Hall–Kier alpha value is -2.14. The zero-order valence-electron chi connectivity index (χ0n) is 13.5. The molecule has 1 heterocycles. The van der Waals surface area contributed by atoms with Gasteiger partial charge in [0.15, 0.2) is 5.76 Å². The van der Waals surface area contributed by atoms with Crippen molar-refractivity contribution in [3.8, 4) is 0 Å². The largest absolute Gasteiger partial charge is 0.508 e. The molecule has 0 atom stereocenters. The zero-order valence-corrected chi connectivity index (χ0v) is 14.3. The monoisotopic (exact) mass is 330 g/mol. The highest BCUT2D eigenvalue weighted by Gasteiger charge is 2.07. The minimum absolute atomic E-state index is 0.265. The highest BCUT2D eigenvalue weighted by atomic mass is 32.2. The summed E-state index contributed by atoms with van der Waals surface area (Å²) < 4.78 is 5.15. The molecule has 2 N–H and O–H groups in total. The lowest BCUT2D eigenvalue weighted by molar-refractivity contribution is 0.265. The fourth-order valence-corrected chi connectivity index (χ4v) is 2.99. The molecule has 0 aliphatic heterocycles. The van der Waals surface area contributed by atoms with Crippen LogP contribution in [-0.2, 0) is 10.5 Å². The summed E-state index contributed by atoms with van der Waals surface area (Å²) in [6, 6.07) is 4.05. The Balaban J connectivity index is 1.93. The first-order chi connectivity index (χ1) is 11.2. The molecule has 23 heavy (non-hydrogen) atoms. The van der Waals surface area contributed by atoms with Crippen LogP contribution in [0.4, 0.5) is 0 Å². The summed E-state index contributed by atoms with van der Waals surface area (Å²) in [5.74, 6) is 1.71. The number of nitrogens with zero attached hydrogens (tertiary/aromatic N) is 1. The van der Waals surface area contributed by atoms with Gasteiger partial charge < -0.3 is 15.2 Å². The van der Waals surface area contributed by atoms with Crippen LogP contribution in [0.5, 0.6) is 0 Å². The number of ether oxygens (including phenoxy) is 1. The second-order valence-corrected chi connectivity index (χ2v) is 5.93. The summed E-state index contributed by atoms with van der Waals surface area (Å²) in [5.41, 5.74) is 3.54. The van der Waals surface area contributed by atoms with Crippen molar-refractivity contribution in [2.24, 2.45) is 0 Å². The average Bonchev–Trinajstić information content (AvgIpc) is 2.76. The molecule has 0 amide bonds. The molecule has 1 aromatic heterocycles. The van der Waals surface area contributed by atoms with Crippen molar-refractivity contribution in [2.45, 2.75) is 18.6 Å². The lowest BCUT2D eigenvalue weighted by Gasteiger charge is -2.08. The molecule has 1 aliphatic carbocycles. The van der Waals surface area contributed by atoms with Gasteiger partial charge in [0.1, 0.15) is 5.76 Å². The van der Waals surface area contributed by atoms with Gasteiger partial charge in [0, 0.05) is 43.7 Å². The molecular formula is C18H22N2O2S. The summed E-state index contributed by atoms with van der Waals surface area (Å²) >= 11 is 1.75. The first kappa shape index (κ1) is 17.2. The second-order valence-electron chi connectivity index (χ2n) is 5.07. The van der Waals surface area contributed by atoms with E-state index in [1.807, 2.05) is 49.8 Å². The van der Waals surface area contributed by atoms with E-state index < -0.39 is 0 Å². The molecule has 0 fully saturated rings. The van der Waals surface area contributed by atoms with E-state index in [9.17, 15) is 5.11 Å². The zero-order chi connectivity index (χ0) is 16.5. The third-order valence-electron chi connectivity index (χ3n) is 3.45. The van der Waals surface area contributed by atoms with Crippen molar-refractivity contribution in [2.75, 3.05) is 14.2 Å². The minimum Gasteiger partial charge on any atom is -0.508 e. The van der Waals surface area contributed by atoms with Gasteiger partial charge >= 0.3 is 0 Å². The standard InChI is InChI=1S/C18H22N2O2S/c1-19-16(13-23-12-15-7-9-20-10-8-15)11-14-3-5-17(21)18(22-2)6-4-14/h3-4,6-10,13,19,21H,5,11-12H2,1-2H3/b16-13-. The Bertz CT molecular complexity index is 634. The van der Waals surface area contributed by atoms with Gasteiger partial charge in [-0.25, -0.2) is 0 Å². The van der Waals surface area contributed by atoms with Crippen LogP contribution in [0.2, 0.25) is 0 Å². The van der Waals surface area contributed by atoms with E-state index in [1.54, 1.807) is 18.9 Å². The number of aromatic nitrogens is 1. The summed E-state index contributed by atoms with van der Waals surface area (Å²) in [5, 5.41) is 15.2. The molecule has 5 heteroatoms. The first-order valence-corrected chi connectivity index (χ1v) is 8.48. The highest BCUT2D eigenvalue weighted by molar-refractivity contribution is 8.01. The number of allylic oxidation sites excluding steroid dienone is 4. The van der Waals surface area contributed by atoms with Gasteiger partial charge in [-0.1, -0.05) is 12.2 Å². The van der Waals surface area contributed by atoms with Crippen molar-refractivity contribution in [3.05, 3.63) is 76.5 Å². The number of aliphatic hydroxyl groups is 1. The van der Waals surface area contributed by atoms with Crippen molar-refractivity contribution in [3.63, 3.8) is 0 Å². The SMILES string of the molecule is CN/C(=C\SCc1ccncc1)CC1=CCC(O)=C(OC)C=C1. The molecule has 2 rings (SSSR count). The van der Waals surface area contributed by atoms with Gasteiger partial charge in [0.2, 0.25) is 0 Å². The van der Waals surface area contributed by atoms with Crippen molar-refractivity contribution < 1.29 is 9.84 Å². The van der Waals surface area contributed by atoms with Crippen molar-refractivity contribution >= 4 is 11.8 Å². The Morgan fingerprint density at radius 1 is 1.39 bits per heavy atom. The smallest absolute Gasteiger partial charge is 0.156 e. The Morgan fingerprint density at radius 2 is 2.17 bits per heavy atom. The van der Waals surface area contributed by atoms with E-state index in [1.165, 1.54) is 5.56 Å². The molecule has 0 radical (unpaired) electrons. The molecule has 0 saturated heterocycles. The van der Waals surface area contributed by atoms with Crippen LogP contribution in [0.1, 0.15) is 18.4 Å². The Kier molecular flexibility index (Phi) is 6.81. The average molecular weight is 330 g/mol. The maximum absolute atomic E-state index is 9.84. The highest BCUT2D eigenvalue weighted by Crippen LogP contribution is 2.22. The third-order valence-corrected chi connectivity index (χ3v) is 4.40. The number of pyridine rings is 1. The van der Waals surface area contributed by atoms with Crippen molar-refractivity contribution in [1.29, 1.82) is 0 Å². The topological polar surface area (TPSA) is 54.4 Å². The van der Waals surface area contributed by atoms with Gasteiger partial charge in [-0.15, -0.1) is 11.8 Å². The van der Waals surface area contributed by atoms with Crippen LogP contribution >= 0.6 is 11.8 Å². The number of hydrogen-bond donors (Lipinski definition) is 2. The van der Waals surface area contributed by atoms with Gasteiger partial charge in [0.05, 0.1) is 7.11 Å². The predicted molar refractivity (Wildman–Crippen MR) is 95.8 cm³/mol. The van der Waals surface area contributed by atoms with Crippen LogP contribution in [0, 0.1) is 0 Å². The van der Waals surface area contributed by atoms with Gasteiger partial charge in [0.25, 0.3) is 0 Å². The van der Waals surface area contributed by atoms with Gasteiger partial charge in [-0.05, 0) is 34.8 Å². The van der Waals surface area contributed by atoms with Gasteiger partial charge in [-0.3, -0.25) is 4.98 Å². The molecule has 1 aromatic rings. The van der Waals surface area contributed by atoms with Crippen LogP contribution in [0.25, 0.3) is 0 Å². The first-order valence-electron chi connectivity index (χ1n) is 7.43. The minimum atomic E-state index is 0.265. The molecule has 0 spiro atoms. The molecule has 0 bridgehead atoms. The van der Waals surface area contributed by atoms with Crippen LogP contribution in [-0.4, -0.2) is 24.2 Å². The van der Waals surface area contributed by atoms with E-state index in [-0.39, 0.29) is 5.76 Å². The molecular weight excluding hydrogens is 308 g/mol. The number of aliphatic hydroxyl groups excluding tert-OH is 1. The number of thioether (sulfide) groups is 1.